The molecular weight excluding hydrogens is 498 g/mol. The Hall–Kier alpha value is -3.81. The number of carbonyl (C=O) groups excluding carboxylic acids is 3. The smallest absolute Gasteiger partial charge is 0.270 e. The highest BCUT2D eigenvalue weighted by Gasteiger charge is 2.35. The summed E-state index contributed by atoms with van der Waals surface area (Å²) in [7, 11) is 0. The van der Waals surface area contributed by atoms with Gasteiger partial charge in [-0.3, -0.25) is 19.4 Å². The molecule has 2 rings (SSSR count). The van der Waals surface area contributed by atoms with Crippen LogP contribution < -0.4 is 16.0 Å². The van der Waals surface area contributed by atoms with Crippen LogP contribution in [0.4, 0.5) is 0 Å². The quantitative estimate of drug-likeness (QED) is 0.204. The molecule has 0 unspecified atom stereocenters. The molecule has 210 valence electrons. The van der Waals surface area contributed by atoms with E-state index in [9.17, 15) is 24.6 Å². The minimum absolute atomic E-state index is 0.168. The molecule has 10 heteroatoms. The van der Waals surface area contributed by atoms with Crippen LogP contribution in [0.5, 0.6) is 0 Å². The first-order chi connectivity index (χ1) is 18.8. The van der Waals surface area contributed by atoms with Crippen LogP contribution >= 0.6 is 0 Å². The summed E-state index contributed by atoms with van der Waals surface area (Å²) in [5.74, 6) is -1.47. The van der Waals surface area contributed by atoms with Crippen molar-refractivity contribution < 1.29 is 24.6 Å². The number of aliphatic hydroxyl groups excluding tert-OH is 2. The maximum Gasteiger partial charge on any atom is 0.270 e. The third-order valence-corrected chi connectivity index (χ3v) is 6.37. The number of carbonyl (C=O) groups is 3. The monoisotopic (exact) mass is 537 g/mol. The molecule has 10 nitrogen and oxygen atoms in total. The molecule has 5 atom stereocenters. The van der Waals surface area contributed by atoms with Gasteiger partial charge in [0.1, 0.15) is 23.9 Å². The van der Waals surface area contributed by atoms with Gasteiger partial charge in [0.25, 0.3) is 5.91 Å². The van der Waals surface area contributed by atoms with Crippen LogP contribution in [-0.2, 0) is 16.0 Å². The van der Waals surface area contributed by atoms with E-state index in [1.54, 1.807) is 18.2 Å². The maximum atomic E-state index is 13.5. The standard InChI is InChI=1S/C29H39N5O5/c1-3-4-5-9-15-24(33-28(38)23-14-10-11-18-31-23)29(39)34-25(19-21-12-7-6-8-13-21)27(37)26(36)22(16-17-30)32-20(2)35/h6-8,10-14,18,22,24-27,36-37H,3-5,9,15-16,19H2,1-2H3,(H,32,35)(H,33,38)(H,34,39)/t22-,24-,25+,26-,27-/m1/s1. The Morgan fingerprint density at radius 1 is 0.923 bits per heavy atom. The molecule has 0 aliphatic carbocycles. The number of unbranched alkanes of at least 4 members (excludes halogenated alkanes) is 3. The van der Waals surface area contributed by atoms with Gasteiger partial charge in [0.05, 0.1) is 24.6 Å². The molecule has 5 N–H and O–H groups in total. The highest BCUT2D eigenvalue weighted by atomic mass is 16.3. The Morgan fingerprint density at radius 3 is 2.23 bits per heavy atom. The van der Waals surface area contributed by atoms with Crippen molar-refractivity contribution in [1.29, 1.82) is 5.26 Å². The molecule has 0 aliphatic heterocycles. The minimum Gasteiger partial charge on any atom is -0.388 e. The first-order valence-corrected chi connectivity index (χ1v) is 13.3. The van der Waals surface area contributed by atoms with E-state index in [4.69, 9.17) is 5.26 Å². The largest absolute Gasteiger partial charge is 0.388 e. The summed E-state index contributed by atoms with van der Waals surface area (Å²) in [4.78, 5) is 42.0. The van der Waals surface area contributed by atoms with Crippen molar-refractivity contribution >= 4 is 17.7 Å². The summed E-state index contributed by atoms with van der Waals surface area (Å²) >= 11 is 0. The van der Waals surface area contributed by atoms with Gasteiger partial charge in [0.15, 0.2) is 0 Å². The first kappa shape index (κ1) is 31.4. The van der Waals surface area contributed by atoms with Crippen molar-refractivity contribution in [1.82, 2.24) is 20.9 Å². The minimum atomic E-state index is -1.53. The van der Waals surface area contributed by atoms with Gasteiger partial charge in [0, 0.05) is 13.1 Å². The fourth-order valence-electron chi connectivity index (χ4n) is 4.27. The molecule has 39 heavy (non-hydrogen) atoms. The van der Waals surface area contributed by atoms with Gasteiger partial charge in [-0.25, -0.2) is 0 Å². The van der Waals surface area contributed by atoms with Crippen LogP contribution in [0.3, 0.4) is 0 Å². The van der Waals surface area contributed by atoms with Crippen molar-refractivity contribution in [2.75, 3.05) is 0 Å². The number of amides is 3. The number of nitrogens with one attached hydrogen (secondary N) is 3. The third-order valence-electron chi connectivity index (χ3n) is 6.37. The second-order valence-corrected chi connectivity index (χ2v) is 9.55. The number of nitrogens with zero attached hydrogens (tertiary/aromatic N) is 2. The Morgan fingerprint density at radius 2 is 1.62 bits per heavy atom. The molecule has 0 radical (unpaired) electrons. The maximum absolute atomic E-state index is 13.5. The molecule has 1 aromatic heterocycles. The number of aromatic nitrogens is 1. The lowest BCUT2D eigenvalue weighted by molar-refractivity contribution is -0.127. The van der Waals surface area contributed by atoms with E-state index in [0.29, 0.717) is 12.8 Å². The van der Waals surface area contributed by atoms with E-state index >= 15 is 0 Å². The lowest BCUT2D eigenvalue weighted by atomic mass is 9.92. The SMILES string of the molecule is CCCCCC[C@@H](NC(=O)c1ccccn1)C(=O)N[C@@H](Cc1ccccc1)[C@@H](O)[C@H](O)[C@@H](CC#N)NC(C)=O. The zero-order chi connectivity index (χ0) is 28.6. The van der Waals surface area contributed by atoms with Crippen molar-refractivity contribution in [3.05, 3.63) is 66.0 Å². The van der Waals surface area contributed by atoms with Crippen molar-refractivity contribution in [2.24, 2.45) is 0 Å². The Balaban J connectivity index is 2.27. The van der Waals surface area contributed by atoms with Gasteiger partial charge >= 0.3 is 0 Å². The normalized spacial score (nSPS) is 14.6. The molecule has 0 saturated heterocycles. The van der Waals surface area contributed by atoms with E-state index in [0.717, 1.165) is 24.8 Å². The Labute approximate surface area is 229 Å². The van der Waals surface area contributed by atoms with Gasteiger partial charge in [-0.05, 0) is 30.5 Å². The van der Waals surface area contributed by atoms with E-state index in [1.807, 2.05) is 36.4 Å². The molecular formula is C29H39N5O5. The van der Waals surface area contributed by atoms with Gasteiger partial charge in [-0.1, -0.05) is 69.0 Å². The molecule has 0 spiro atoms. The van der Waals surface area contributed by atoms with Gasteiger partial charge in [-0.15, -0.1) is 0 Å². The lowest BCUT2D eigenvalue weighted by Gasteiger charge is -2.33. The highest BCUT2D eigenvalue weighted by Crippen LogP contribution is 2.15. The third kappa shape index (κ3) is 10.8. The molecule has 0 bridgehead atoms. The average Bonchev–Trinajstić information content (AvgIpc) is 2.94. The first-order valence-electron chi connectivity index (χ1n) is 13.3. The van der Waals surface area contributed by atoms with Crippen molar-refractivity contribution in [3.63, 3.8) is 0 Å². The second kappa shape index (κ2) is 16.9. The summed E-state index contributed by atoms with van der Waals surface area (Å²) in [5.41, 5.74) is 0.970. The number of nitriles is 1. The fraction of sp³-hybridized carbons (Fsp3) is 0.483. The van der Waals surface area contributed by atoms with Gasteiger partial charge in [-0.2, -0.15) is 5.26 Å². The number of hydrogen-bond donors (Lipinski definition) is 5. The Bertz CT molecular complexity index is 1080. The van der Waals surface area contributed by atoms with E-state index in [2.05, 4.69) is 27.9 Å². The van der Waals surface area contributed by atoms with Crippen LogP contribution in [0.1, 0.15) is 68.4 Å². The fourth-order valence-corrected chi connectivity index (χ4v) is 4.27. The predicted molar refractivity (Wildman–Crippen MR) is 146 cm³/mol. The molecule has 1 heterocycles. The van der Waals surface area contributed by atoms with E-state index in [1.165, 1.54) is 13.1 Å². The predicted octanol–water partition coefficient (Wildman–Crippen LogP) is 2.02. The number of benzene rings is 1. The zero-order valence-electron chi connectivity index (χ0n) is 22.5. The highest BCUT2D eigenvalue weighted by molar-refractivity contribution is 5.96. The zero-order valence-corrected chi connectivity index (χ0v) is 22.5. The summed E-state index contributed by atoms with van der Waals surface area (Å²) in [6, 6.07) is 13.0. The molecule has 3 amide bonds. The van der Waals surface area contributed by atoms with E-state index in [-0.39, 0.29) is 18.5 Å². The van der Waals surface area contributed by atoms with Crippen LogP contribution in [0.15, 0.2) is 54.7 Å². The lowest BCUT2D eigenvalue weighted by Crippen LogP contribution is -2.59. The summed E-state index contributed by atoms with van der Waals surface area (Å²) in [6.45, 7) is 3.33. The topological polar surface area (TPSA) is 164 Å². The number of rotatable bonds is 16. The van der Waals surface area contributed by atoms with Crippen molar-refractivity contribution in [3.8, 4) is 6.07 Å². The van der Waals surface area contributed by atoms with Crippen LogP contribution in [0.2, 0.25) is 0 Å². The summed E-state index contributed by atoms with van der Waals surface area (Å²) in [5, 5.41) is 39.3. The number of hydrogen-bond acceptors (Lipinski definition) is 7. The molecule has 0 fully saturated rings. The molecule has 2 aromatic rings. The summed E-state index contributed by atoms with van der Waals surface area (Å²) in [6.07, 6.45) is 2.35. The van der Waals surface area contributed by atoms with Gasteiger partial charge in [0.2, 0.25) is 11.8 Å². The van der Waals surface area contributed by atoms with E-state index < -0.39 is 48.1 Å². The number of aliphatic hydroxyl groups is 2. The number of pyridine rings is 1. The van der Waals surface area contributed by atoms with Crippen molar-refractivity contribution in [2.45, 2.75) is 89.1 Å². The van der Waals surface area contributed by atoms with Crippen LogP contribution in [-0.4, -0.2) is 63.3 Å². The molecule has 0 saturated carbocycles. The summed E-state index contributed by atoms with van der Waals surface area (Å²) < 4.78 is 0. The molecule has 0 aliphatic rings. The molecule has 1 aromatic carbocycles. The second-order valence-electron chi connectivity index (χ2n) is 9.55. The Kier molecular flexibility index (Phi) is 13.6. The van der Waals surface area contributed by atoms with Crippen LogP contribution in [0, 0.1) is 11.3 Å². The average molecular weight is 538 g/mol. The van der Waals surface area contributed by atoms with Crippen LogP contribution in [0.25, 0.3) is 0 Å². The van der Waals surface area contributed by atoms with Gasteiger partial charge < -0.3 is 26.2 Å².